The highest BCUT2D eigenvalue weighted by Gasteiger charge is 2.24. The van der Waals surface area contributed by atoms with E-state index in [-0.39, 0.29) is 6.04 Å². The molecule has 0 N–H and O–H groups in total. The van der Waals surface area contributed by atoms with E-state index >= 15 is 0 Å². The van der Waals surface area contributed by atoms with Crippen molar-refractivity contribution in [2.24, 2.45) is 0 Å². The molecular formula is C53H32N6O2. The van der Waals surface area contributed by atoms with Gasteiger partial charge in [-0.25, -0.2) is 0 Å². The van der Waals surface area contributed by atoms with Crippen LogP contribution in [0.1, 0.15) is 46.9 Å². The first-order valence-corrected chi connectivity index (χ1v) is 20.1. The molecule has 2 aliphatic carbocycles. The third-order valence-corrected chi connectivity index (χ3v) is 12.1. The molecule has 8 heteroatoms. The van der Waals surface area contributed by atoms with Crippen LogP contribution in [-0.4, -0.2) is 9.13 Å². The minimum absolute atomic E-state index is 0.265. The van der Waals surface area contributed by atoms with Gasteiger partial charge in [0.2, 0.25) is 0 Å². The van der Waals surface area contributed by atoms with Gasteiger partial charge in [-0.05, 0) is 121 Å². The molecule has 6 aromatic carbocycles. The summed E-state index contributed by atoms with van der Waals surface area (Å²) in [4.78, 5) is 0. The van der Waals surface area contributed by atoms with Crippen LogP contribution in [-0.2, 0) is 6.42 Å². The molecule has 0 radical (unpaired) electrons. The molecule has 286 valence electrons. The molecule has 2 aliphatic rings. The highest BCUT2D eigenvalue weighted by molar-refractivity contribution is 6.15. The number of ether oxygens (including phenoxy) is 1. The summed E-state index contributed by atoms with van der Waals surface area (Å²) in [5, 5.41) is 45.0. The number of allylic oxidation sites excluding steroid dienone is 5. The third kappa shape index (κ3) is 5.71. The first-order chi connectivity index (χ1) is 29.9. The van der Waals surface area contributed by atoms with Crippen LogP contribution in [0.4, 0.5) is 0 Å². The SMILES string of the molecule is Cc1ccccc1Oc1ccc2c3cc(-c4ccc5c(c4)c4cc6c7c(oc6cc4n5-c4cc(C#N)cc(C#N)c4)C=CCC7)ccc3n(C3C=C(C#N)C=C(C#N)C3)c2c1. The summed E-state index contributed by atoms with van der Waals surface area (Å²) < 4.78 is 17.2. The summed E-state index contributed by atoms with van der Waals surface area (Å²) in [5.74, 6) is 2.35. The zero-order chi connectivity index (χ0) is 41.4. The minimum atomic E-state index is -0.265. The fourth-order valence-corrected chi connectivity index (χ4v) is 9.34. The molecule has 0 spiro atoms. The lowest BCUT2D eigenvalue weighted by Gasteiger charge is -2.21. The largest absolute Gasteiger partial charge is 0.457 e. The number of nitrogens with zero attached hydrogens (tertiary/aromatic N) is 6. The number of hydrogen-bond donors (Lipinski definition) is 0. The van der Waals surface area contributed by atoms with E-state index in [0.717, 1.165) is 101 Å². The van der Waals surface area contributed by atoms with E-state index in [9.17, 15) is 21.0 Å². The predicted molar refractivity (Wildman–Crippen MR) is 238 cm³/mol. The fraction of sp³-hybridized carbons (Fsp3) is 0.0943. The van der Waals surface area contributed by atoms with E-state index < -0.39 is 0 Å². The zero-order valence-corrected chi connectivity index (χ0v) is 32.9. The molecule has 3 heterocycles. The second-order valence-electron chi connectivity index (χ2n) is 15.7. The molecule has 61 heavy (non-hydrogen) atoms. The Morgan fingerprint density at radius 1 is 0.672 bits per heavy atom. The molecule has 0 bridgehead atoms. The maximum atomic E-state index is 9.97. The molecule has 0 saturated heterocycles. The number of para-hydroxylation sites is 1. The molecule has 9 aromatic rings. The van der Waals surface area contributed by atoms with Crippen LogP contribution in [0.5, 0.6) is 11.5 Å². The Labute approximate surface area is 350 Å². The third-order valence-electron chi connectivity index (χ3n) is 12.1. The smallest absolute Gasteiger partial charge is 0.137 e. The maximum absolute atomic E-state index is 9.97. The van der Waals surface area contributed by atoms with Crippen molar-refractivity contribution in [2.75, 3.05) is 0 Å². The average molecular weight is 785 g/mol. The Hall–Kier alpha value is -8.56. The molecule has 0 fully saturated rings. The van der Waals surface area contributed by atoms with Gasteiger partial charge in [-0.1, -0.05) is 36.4 Å². The van der Waals surface area contributed by atoms with Gasteiger partial charge in [0.15, 0.2) is 0 Å². The van der Waals surface area contributed by atoms with Gasteiger partial charge in [-0.15, -0.1) is 0 Å². The number of aryl methyl sites for hydroxylation is 2. The predicted octanol–water partition coefficient (Wildman–Crippen LogP) is 13.0. The molecular weight excluding hydrogens is 753 g/mol. The Balaban J connectivity index is 1.12. The first kappa shape index (κ1) is 35.6. The van der Waals surface area contributed by atoms with Crippen LogP contribution in [0, 0.1) is 52.2 Å². The number of fused-ring (bicyclic) bond motifs is 9. The van der Waals surface area contributed by atoms with Crippen LogP contribution in [0.15, 0.2) is 143 Å². The van der Waals surface area contributed by atoms with Crippen molar-refractivity contribution in [3.63, 3.8) is 0 Å². The summed E-state index contributed by atoms with van der Waals surface area (Å²) in [7, 11) is 0. The highest BCUT2D eigenvalue weighted by atomic mass is 16.5. The number of hydrogen-bond acceptors (Lipinski definition) is 6. The van der Waals surface area contributed by atoms with Crippen molar-refractivity contribution in [3.05, 3.63) is 167 Å². The maximum Gasteiger partial charge on any atom is 0.137 e. The summed E-state index contributed by atoms with van der Waals surface area (Å²) in [5.41, 5.74) is 11.4. The Morgan fingerprint density at radius 2 is 1.43 bits per heavy atom. The second kappa shape index (κ2) is 13.8. The first-order valence-electron chi connectivity index (χ1n) is 20.1. The summed E-state index contributed by atoms with van der Waals surface area (Å²) in [6.45, 7) is 2.02. The topological polar surface area (TPSA) is 127 Å². The van der Waals surface area contributed by atoms with E-state index in [2.05, 4.69) is 106 Å². The van der Waals surface area contributed by atoms with Gasteiger partial charge < -0.3 is 18.3 Å². The van der Waals surface area contributed by atoms with Crippen LogP contribution in [0.2, 0.25) is 0 Å². The molecule has 1 unspecified atom stereocenters. The van der Waals surface area contributed by atoms with Crippen molar-refractivity contribution < 1.29 is 9.15 Å². The Morgan fingerprint density at radius 3 is 2.18 bits per heavy atom. The quantitative estimate of drug-likeness (QED) is 0.171. The monoisotopic (exact) mass is 784 g/mol. The van der Waals surface area contributed by atoms with E-state index in [0.29, 0.717) is 34.4 Å². The van der Waals surface area contributed by atoms with Crippen molar-refractivity contribution in [3.8, 4) is 52.6 Å². The van der Waals surface area contributed by atoms with Crippen molar-refractivity contribution in [1.82, 2.24) is 9.13 Å². The van der Waals surface area contributed by atoms with Crippen LogP contribution in [0.3, 0.4) is 0 Å². The lowest BCUT2D eigenvalue weighted by atomic mass is 9.96. The molecule has 3 aromatic heterocycles. The summed E-state index contributed by atoms with van der Waals surface area (Å²) >= 11 is 0. The molecule has 1 atom stereocenters. The molecule has 0 aliphatic heterocycles. The molecule has 8 nitrogen and oxygen atoms in total. The van der Waals surface area contributed by atoms with Crippen molar-refractivity contribution in [2.45, 2.75) is 32.2 Å². The van der Waals surface area contributed by atoms with Gasteiger partial charge in [-0.3, -0.25) is 0 Å². The number of nitriles is 4. The number of rotatable bonds is 5. The van der Waals surface area contributed by atoms with Gasteiger partial charge >= 0.3 is 0 Å². The molecule has 0 saturated carbocycles. The fourth-order valence-electron chi connectivity index (χ4n) is 9.34. The Kier molecular flexibility index (Phi) is 8.04. The average Bonchev–Trinajstić information content (AvgIpc) is 3.94. The van der Waals surface area contributed by atoms with E-state index in [1.165, 1.54) is 5.56 Å². The van der Waals surface area contributed by atoms with Crippen LogP contribution in [0.25, 0.3) is 77.5 Å². The highest BCUT2D eigenvalue weighted by Crippen LogP contribution is 2.43. The normalized spacial score (nSPS) is 14.7. The minimum Gasteiger partial charge on any atom is -0.457 e. The van der Waals surface area contributed by atoms with Gasteiger partial charge in [0.1, 0.15) is 22.8 Å². The van der Waals surface area contributed by atoms with E-state index in [1.54, 1.807) is 12.1 Å². The second-order valence-corrected chi connectivity index (χ2v) is 15.7. The Bertz CT molecular complexity index is 3640. The van der Waals surface area contributed by atoms with Gasteiger partial charge in [-0.2, -0.15) is 21.0 Å². The number of aromatic nitrogens is 2. The van der Waals surface area contributed by atoms with Crippen LogP contribution < -0.4 is 4.74 Å². The molecule has 11 rings (SSSR count). The van der Waals surface area contributed by atoms with Crippen molar-refractivity contribution >= 4 is 60.7 Å². The number of furan rings is 1. The zero-order valence-electron chi connectivity index (χ0n) is 32.9. The van der Waals surface area contributed by atoms with Crippen LogP contribution >= 0.6 is 0 Å². The van der Waals surface area contributed by atoms with Crippen molar-refractivity contribution in [1.29, 1.82) is 21.0 Å². The lowest BCUT2D eigenvalue weighted by molar-refractivity contribution is 0.479. The molecule has 0 amide bonds. The van der Waals surface area contributed by atoms with Gasteiger partial charge in [0.25, 0.3) is 0 Å². The van der Waals surface area contributed by atoms with E-state index in [1.807, 2.05) is 55.5 Å². The standard InChI is InChI=1S/C53H32N6O2/c1-31-6-2-4-8-51(31)60-40-12-13-41-43-22-36(10-14-47(43)58(49(41)24-40)38-18-32(27-54)16-33(19-38)28-55)37-11-15-48-44(23-37)45-25-46-42-7-3-5-9-52(42)61-53(46)26-50(45)59(48)39-20-34(29-56)17-35(21-39)30-57/h2,4-6,8-18,20-26,38H,3,7,19H2,1H3. The summed E-state index contributed by atoms with van der Waals surface area (Å²) in [6, 6.07) is 45.4. The summed E-state index contributed by atoms with van der Waals surface area (Å²) in [6.07, 6.45) is 10.1. The lowest BCUT2D eigenvalue weighted by Crippen LogP contribution is -2.11. The van der Waals surface area contributed by atoms with E-state index in [4.69, 9.17) is 9.15 Å². The van der Waals surface area contributed by atoms with Gasteiger partial charge in [0, 0.05) is 67.8 Å². The number of benzene rings is 6. The van der Waals surface area contributed by atoms with Gasteiger partial charge in [0.05, 0.1) is 63.6 Å².